The topological polar surface area (TPSA) is 21.7 Å². The molecule has 136 valence electrons. The van der Waals surface area contributed by atoms with E-state index in [1.54, 1.807) is 12.1 Å². The highest BCUT2D eigenvalue weighted by atomic mass is 19.1. The summed E-state index contributed by atoms with van der Waals surface area (Å²) in [5, 5.41) is 0. The molecule has 5 heteroatoms. The summed E-state index contributed by atoms with van der Waals surface area (Å²) in [5.74, 6) is -0.155. The van der Waals surface area contributed by atoms with E-state index >= 15 is 0 Å². The van der Waals surface area contributed by atoms with Gasteiger partial charge >= 0.3 is 7.12 Å². The Balaban J connectivity index is 1.47. The van der Waals surface area contributed by atoms with Crippen molar-refractivity contribution in [3.05, 3.63) is 59.4 Å². The number of nitrogens with zero attached hydrogens (tertiary/aromatic N) is 1. The van der Waals surface area contributed by atoms with Crippen LogP contribution in [0.4, 0.5) is 10.1 Å². The molecule has 0 atom stereocenters. The molecule has 1 fully saturated rings. The molecule has 3 nitrogen and oxygen atoms in total. The van der Waals surface area contributed by atoms with Crippen molar-refractivity contribution < 1.29 is 13.7 Å². The highest BCUT2D eigenvalue weighted by Crippen LogP contribution is 2.36. The van der Waals surface area contributed by atoms with E-state index in [0.29, 0.717) is 0 Å². The van der Waals surface area contributed by atoms with Crippen molar-refractivity contribution >= 4 is 18.3 Å². The van der Waals surface area contributed by atoms with Gasteiger partial charge in [-0.1, -0.05) is 24.3 Å². The maximum atomic E-state index is 13.4. The van der Waals surface area contributed by atoms with Gasteiger partial charge in [0, 0.05) is 18.8 Å². The van der Waals surface area contributed by atoms with Crippen LogP contribution in [0.5, 0.6) is 0 Å². The van der Waals surface area contributed by atoms with Crippen molar-refractivity contribution in [3.8, 4) is 0 Å². The summed E-state index contributed by atoms with van der Waals surface area (Å²) >= 11 is 0. The maximum Gasteiger partial charge on any atom is 0.494 e. The number of hydrogen-bond donors (Lipinski definition) is 0. The Bertz CT molecular complexity index is 803. The van der Waals surface area contributed by atoms with Crippen LogP contribution in [-0.2, 0) is 22.3 Å². The minimum absolute atomic E-state index is 0.155. The molecule has 1 saturated heterocycles. The minimum atomic E-state index is -0.329. The molecule has 2 aromatic rings. The molecule has 0 aliphatic carbocycles. The van der Waals surface area contributed by atoms with Crippen molar-refractivity contribution in [2.24, 2.45) is 0 Å². The predicted molar refractivity (Wildman–Crippen MR) is 103 cm³/mol. The van der Waals surface area contributed by atoms with Gasteiger partial charge in [0.15, 0.2) is 0 Å². The Labute approximate surface area is 155 Å². The second kappa shape index (κ2) is 6.10. The summed E-state index contributed by atoms with van der Waals surface area (Å²) in [5.41, 5.74) is 3.84. The third kappa shape index (κ3) is 3.04. The number of hydrogen-bond acceptors (Lipinski definition) is 3. The van der Waals surface area contributed by atoms with E-state index < -0.39 is 0 Å². The lowest BCUT2D eigenvalue weighted by Crippen LogP contribution is -2.41. The molecule has 0 spiro atoms. The van der Waals surface area contributed by atoms with Gasteiger partial charge in [0.2, 0.25) is 0 Å². The zero-order chi connectivity index (χ0) is 18.5. The van der Waals surface area contributed by atoms with E-state index in [0.717, 1.165) is 36.2 Å². The summed E-state index contributed by atoms with van der Waals surface area (Å²) < 4.78 is 25.6. The molecular weight excluding hydrogens is 328 g/mol. The SMILES string of the molecule is CC1(C)OB(c2ccc(CN3CCc4cc(F)ccc43)cc2)OC1(C)C. The first-order valence-corrected chi connectivity index (χ1v) is 9.23. The fraction of sp³-hybridized carbons (Fsp3) is 0.429. The molecule has 0 N–H and O–H groups in total. The molecule has 0 amide bonds. The molecule has 26 heavy (non-hydrogen) atoms. The summed E-state index contributed by atoms with van der Waals surface area (Å²) in [6.07, 6.45) is 0.902. The first-order valence-electron chi connectivity index (χ1n) is 9.23. The monoisotopic (exact) mass is 353 g/mol. The number of rotatable bonds is 3. The minimum Gasteiger partial charge on any atom is -0.399 e. The Morgan fingerprint density at radius 1 is 1.00 bits per heavy atom. The molecule has 2 aliphatic rings. The van der Waals surface area contributed by atoms with Gasteiger partial charge in [0.25, 0.3) is 0 Å². The zero-order valence-electron chi connectivity index (χ0n) is 15.9. The molecule has 2 aliphatic heterocycles. The van der Waals surface area contributed by atoms with Crippen LogP contribution >= 0.6 is 0 Å². The third-order valence-corrected chi connectivity index (χ3v) is 5.91. The van der Waals surface area contributed by atoms with E-state index in [-0.39, 0.29) is 24.1 Å². The quantitative estimate of drug-likeness (QED) is 0.786. The summed E-state index contributed by atoms with van der Waals surface area (Å²) in [6, 6.07) is 13.5. The van der Waals surface area contributed by atoms with Crippen molar-refractivity contribution in [3.63, 3.8) is 0 Å². The second-order valence-corrected chi connectivity index (χ2v) is 8.27. The molecule has 0 bridgehead atoms. The van der Waals surface area contributed by atoms with Crippen LogP contribution in [0.1, 0.15) is 38.8 Å². The predicted octanol–water partition coefficient (Wildman–Crippen LogP) is 3.69. The summed E-state index contributed by atoms with van der Waals surface area (Å²) in [7, 11) is -0.329. The molecule has 0 aromatic heterocycles. The van der Waals surface area contributed by atoms with E-state index in [1.165, 1.54) is 5.56 Å². The summed E-state index contributed by atoms with van der Waals surface area (Å²) in [6.45, 7) is 10.0. The number of benzene rings is 2. The first-order chi connectivity index (χ1) is 12.2. The largest absolute Gasteiger partial charge is 0.494 e. The molecular formula is C21H25BFNO2. The van der Waals surface area contributed by atoms with Gasteiger partial charge in [-0.3, -0.25) is 0 Å². The zero-order valence-corrected chi connectivity index (χ0v) is 15.9. The lowest BCUT2D eigenvalue weighted by molar-refractivity contribution is 0.00578. The second-order valence-electron chi connectivity index (χ2n) is 8.27. The maximum absolute atomic E-state index is 13.4. The number of halogens is 1. The van der Waals surface area contributed by atoms with Gasteiger partial charge in [-0.05, 0) is 68.9 Å². The Kier molecular flexibility index (Phi) is 4.12. The lowest BCUT2D eigenvalue weighted by Gasteiger charge is -2.32. The van der Waals surface area contributed by atoms with Gasteiger partial charge in [-0.2, -0.15) is 0 Å². The molecule has 2 aromatic carbocycles. The van der Waals surface area contributed by atoms with Gasteiger partial charge in [-0.15, -0.1) is 0 Å². The lowest BCUT2D eigenvalue weighted by atomic mass is 9.79. The number of fused-ring (bicyclic) bond motifs is 1. The van der Waals surface area contributed by atoms with Crippen molar-refractivity contribution in [2.75, 3.05) is 11.4 Å². The van der Waals surface area contributed by atoms with E-state index in [1.807, 2.05) is 6.07 Å². The van der Waals surface area contributed by atoms with Crippen LogP contribution < -0.4 is 10.4 Å². The van der Waals surface area contributed by atoms with Crippen molar-refractivity contribution in [1.29, 1.82) is 0 Å². The van der Waals surface area contributed by atoms with E-state index in [2.05, 4.69) is 56.9 Å². The Hall–Kier alpha value is -1.85. The van der Waals surface area contributed by atoms with Crippen LogP contribution in [0.25, 0.3) is 0 Å². The van der Waals surface area contributed by atoms with Crippen LogP contribution in [0.3, 0.4) is 0 Å². The molecule has 4 rings (SSSR count). The third-order valence-electron chi connectivity index (χ3n) is 5.91. The Morgan fingerprint density at radius 2 is 1.65 bits per heavy atom. The van der Waals surface area contributed by atoms with Crippen LogP contribution in [0.2, 0.25) is 0 Å². The van der Waals surface area contributed by atoms with Crippen LogP contribution in [0, 0.1) is 5.82 Å². The fourth-order valence-corrected chi connectivity index (χ4v) is 3.58. The average molecular weight is 353 g/mol. The molecule has 2 heterocycles. The fourth-order valence-electron chi connectivity index (χ4n) is 3.58. The van der Waals surface area contributed by atoms with Gasteiger partial charge in [-0.25, -0.2) is 4.39 Å². The van der Waals surface area contributed by atoms with E-state index in [9.17, 15) is 4.39 Å². The first kappa shape index (κ1) is 17.6. The smallest absolute Gasteiger partial charge is 0.399 e. The van der Waals surface area contributed by atoms with E-state index in [4.69, 9.17) is 9.31 Å². The van der Waals surface area contributed by atoms with Crippen molar-refractivity contribution in [1.82, 2.24) is 0 Å². The average Bonchev–Trinajstić information content (AvgIpc) is 3.05. The molecule has 0 radical (unpaired) electrons. The van der Waals surface area contributed by atoms with Gasteiger partial charge in [0.1, 0.15) is 5.82 Å². The summed E-state index contributed by atoms with van der Waals surface area (Å²) in [4.78, 5) is 2.30. The van der Waals surface area contributed by atoms with Gasteiger partial charge in [0.05, 0.1) is 11.2 Å². The van der Waals surface area contributed by atoms with Crippen LogP contribution in [-0.4, -0.2) is 24.9 Å². The number of anilines is 1. The Morgan fingerprint density at radius 3 is 2.31 bits per heavy atom. The molecule has 0 saturated carbocycles. The van der Waals surface area contributed by atoms with Crippen molar-refractivity contribution in [2.45, 2.75) is 51.9 Å². The highest BCUT2D eigenvalue weighted by Gasteiger charge is 2.51. The van der Waals surface area contributed by atoms with Crippen LogP contribution in [0.15, 0.2) is 42.5 Å². The standard InChI is InChI=1S/C21H25BFNO2/c1-20(2)21(3,4)26-22(25-20)17-7-5-15(6-8-17)14-24-12-11-16-13-18(23)9-10-19(16)24/h5-10,13H,11-12,14H2,1-4H3. The van der Waals surface area contributed by atoms with Gasteiger partial charge < -0.3 is 14.2 Å². The molecule has 0 unspecified atom stereocenters. The highest BCUT2D eigenvalue weighted by molar-refractivity contribution is 6.62. The normalized spacial score (nSPS) is 20.5.